The number of carbonyl (C=O) groups is 1. The molecule has 0 radical (unpaired) electrons. The second-order valence-corrected chi connectivity index (χ2v) is 3.67. The Balaban J connectivity index is 2.34. The molecule has 0 aliphatic rings. The summed E-state index contributed by atoms with van der Waals surface area (Å²) in [6.45, 7) is 1.12. The number of carboxylic acid groups (broad SMARTS) is 1. The molecule has 1 aromatic carbocycles. The van der Waals surface area contributed by atoms with Crippen molar-refractivity contribution in [1.82, 2.24) is 5.32 Å². The van der Waals surface area contributed by atoms with Crippen molar-refractivity contribution in [3.63, 3.8) is 0 Å². The van der Waals surface area contributed by atoms with E-state index in [2.05, 4.69) is 5.32 Å². The number of phenols is 1. The predicted molar refractivity (Wildman–Crippen MR) is 63.2 cm³/mol. The van der Waals surface area contributed by atoms with Gasteiger partial charge in [-0.1, -0.05) is 6.07 Å². The first-order valence-electron chi connectivity index (χ1n) is 5.42. The Morgan fingerprint density at radius 2 is 2.24 bits per heavy atom. The standard InChI is InChI=1S/C12H17NO4/c1-17-10-5-4-9(11(14)7-10)8-13-6-2-3-12(15)16/h4-5,7,13-14H,2-3,6,8H2,1H3,(H,15,16). The maximum Gasteiger partial charge on any atom is 0.303 e. The van der Waals surface area contributed by atoms with Gasteiger partial charge in [0.05, 0.1) is 7.11 Å². The zero-order valence-electron chi connectivity index (χ0n) is 9.77. The molecule has 94 valence electrons. The average molecular weight is 239 g/mol. The molecule has 3 N–H and O–H groups in total. The Bertz CT molecular complexity index is 379. The van der Waals surface area contributed by atoms with E-state index in [4.69, 9.17) is 9.84 Å². The van der Waals surface area contributed by atoms with Crippen molar-refractivity contribution in [3.8, 4) is 11.5 Å². The van der Waals surface area contributed by atoms with Gasteiger partial charge in [-0.15, -0.1) is 0 Å². The van der Waals surface area contributed by atoms with Crippen molar-refractivity contribution >= 4 is 5.97 Å². The fraction of sp³-hybridized carbons (Fsp3) is 0.417. The van der Waals surface area contributed by atoms with Gasteiger partial charge in [-0.25, -0.2) is 0 Å². The lowest BCUT2D eigenvalue weighted by Gasteiger charge is -2.07. The third-order valence-corrected chi connectivity index (χ3v) is 2.35. The summed E-state index contributed by atoms with van der Waals surface area (Å²) >= 11 is 0. The molecule has 0 spiro atoms. The molecule has 0 atom stereocenters. The molecular formula is C12H17NO4. The monoisotopic (exact) mass is 239 g/mol. The van der Waals surface area contributed by atoms with E-state index < -0.39 is 5.97 Å². The number of hydrogen-bond acceptors (Lipinski definition) is 4. The fourth-order valence-corrected chi connectivity index (χ4v) is 1.41. The van der Waals surface area contributed by atoms with Gasteiger partial charge in [0, 0.05) is 24.6 Å². The van der Waals surface area contributed by atoms with Gasteiger partial charge in [0.1, 0.15) is 11.5 Å². The quantitative estimate of drug-likeness (QED) is 0.626. The summed E-state index contributed by atoms with van der Waals surface area (Å²) in [5, 5.41) is 21.2. The maximum absolute atomic E-state index is 10.3. The van der Waals surface area contributed by atoms with Crippen LogP contribution < -0.4 is 10.1 Å². The largest absolute Gasteiger partial charge is 0.507 e. The van der Waals surface area contributed by atoms with Crippen LogP contribution in [0.1, 0.15) is 18.4 Å². The van der Waals surface area contributed by atoms with Gasteiger partial charge in [0.2, 0.25) is 0 Å². The van der Waals surface area contributed by atoms with Crippen LogP contribution in [0.5, 0.6) is 11.5 Å². The van der Waals surface area contributed by atoms with Crippen LogP contribution in [0.2, 0.25) is 0 Å². The van der Waals surface area contributed by atoms with Crippen LogP contribution in [0.15, 0.2) is 18.2 Å². The molecule has 0 bridgehead atoms. The number of hydrogen-bond donors (Lipinski definition) is 3. The van der Waals surface area contributed by atoms with Gasteiger partial charge in [0.25, 0.3) is 0 Å². The second-order valence-electron chi connectivity index (χ2n) is 3.67. The van der Waals surface area contributed by atoms with Gasteiger partial charge in [-0.3, -0.25) is 4.79 Å². The molecule has 0 amide bonds. The summed E-state index contributed by atoms with van der Waals surface area (Å²) < 4.78 is 4.97. The minimum atomic E-state index is -0.793. The van der Waals surface area contributed by atoms with E-state index in [9.17, 15) is 9.90 Å². The smallest absolute Gasteiger partial charge is 0.303 e. The van der Waals surface area contributed by atoms with E-state index in [0.717, 1.165) is 5.56 Å². The van der Waals surface area contributed by atoms with E-state index in [-0.39, 0.29) is 12.2 Å². The van der Waals surface area contributed by atoms with E-state index in [1.165, 1.54) is 0 Å². The summed E-state index contributed by atoms with van der Waals surface area (Å²) in [5.41, 5.74) is 0.765. The molecule has 0 saturated heterocycles. The van der Waals surface area contributed by atoms with Crippen molar-refractivity contribution < 1.29 is 19.7 Å². The van der Waals surface area contributed by atoms with Crippen molar-refractivity contribution in [2.75, 3.05) is 13.7 Å². The molecule has 0 aliphatic carbocycles. The molecule has 5 nitrogen and oxygen atoms in total. The molecule has 0 aliphatic heterocycles. The molecule has 0 fully saturated rings. The van der Waals surface area contributed by atoms with Crippen LogP contribution in [0.3, 0.4) is 0 Å². The summed E-state index contributed by atoms with van der Waals surface area (Å²) in [6, 6.07) is 5.10. The van der Waals surface area contributed by atoms with Crippen molar-refractivity contribution in [2.24, 2.45) is 0 Å². The first-order valence-corrected chi connectivity index (χ1v) is 5.42. The first-order chi connectivity index (χ1) is 8.13. The number of aromatic hydroxyl groups is 1. The number of aliphatic carboxylic acids is 1. The van der Waals surface area contributed by atoms with Crippen molar-refractivity contribution in [2.45, 2.75) is 19.4 Å². The Morgan fingerprint density at radius 1 is 1.47 bits per heavy atom. The zero-order chi connectivity index (χ0) is 12.7. The predicted octanol–water partition coefficient (Wildman–Crippen LogP) is 1.36. The normalized spacial score (nSPS) is 10.2. The number of carboxylic acids is 1. The number of benzene rings is 1. The molecule has 0 heterocycles. The van der Waals surface area contributed by atoms with Crippen LogP contribution in [0.4, 0.5) is 0 Å². The lowest BCUT2D eigenvalue weighted by atomic mass is 10.2. The topological polar surface area (TPSA) is 78.8 Å². The third-order valence-electron chi connectivity index (χ3n) is 2.35. The van der Waals surface area contributed by atoms with Gasteiger partial charge in [-0.05, 0) is 19.0 Å². The van der Waals surface area contributed by atoms with E-state index >= 15 is 0 Å². The number of nitrogens with one attached hydrogen (secondary N) is 1. The summed E-state index contributed by atoms with van der Waals surface area (Å²) in [4.78, 5) is 10.3. The molecule has 0 saturated carbocycles. The van der Waals surface area contributed by atoms with Crippen LogP contribution in [-0.4, -0.2) is 29.8 Å². The van der Waals surface area contributed by atoms with Crippen LogP contribution >= 0.6 is 0 Å². The number of ether oxygens (including phenoxy) is 1. The first kappa shape index (κ1) is 13.3. The Labute approximate surface area is 100 Å². The van der Waals surface area contributed by atoms with E-state index in [0.29, 0.717) is 25.3 Å². The molecule has 17 heavy (non-hydrogen) atoms. The summed E-state index contributed by atoms with van der Waals surface area (Å²) in [7, 11) is 1.54. The highest BCUT2D eigenvalue weighted by atomic mass is 16.5. The third kappa shape index (κ3) is 4.74. The maximum atomic E-state index is 10.3. The van der Waals surface area contributed by atoms with E-state index in [1.54, 1.807) is 25.3 Å². The highest BCUT2D eigenvalue weighted by Gasteiger charge is 2.02. The molecule has 0 aromatic heterocycles. The molecule has 1 aromatic rings. The van der Waals surface area contributed by atoms with Gasteiger partial charge >= 0.3 is 5.97 Å². The Morgan fingerprint density at radius 3 is 2.82 bits per heavy atom. The number of methoxy groups -OCH3 is 1. The molecule has 5 heteroatoms. The van der Waals surface area contributed by atoms with Gasteiger partial charge in [0.15, 0.2) is 0 Å². The van der Waals surface area contributed by atoms with Crippen LogP contribution in [-0.2, 0) is 11.3 Å². The molecule has 1 rings (SSSR count). The fourth-order valence-electron chi connectivity index (χ4n) is 1.41. The Hall–Kier alpha value is -1.75. The summed E-state index contributed by atoms with van der Waals surface area (Å²) in [6.07, 6.45) is 0.730. The zero-order valence-corrected chi connectivity index (χ0v) is 9.77. The molecular weight excluding hydrogens is 222 g/mol. The lowest BCUT2D eigenvalue weighted by Crippen LogP contribution is -2.15. The van der Waals surface area contributed by atoms with Crippen molar-refractivity contribution in [3.05, 3.63) is 23.8 Å². The minimum Gasteiger partial charge on any atom is -0.507 e. The van der Waals surface area contributed by atoms with Crippen molar-refractivity contribution in [1.29, 1.82) is 0 Å². The highest BCUT2D eigenvalue weighted by molar-refractivity contribution is 5.66. The molecule has 0 unspecified atom stereocenters. The highest BCUT2D eigenvalue weighted by Crippen LogP contribution is 2.22. The number of rotatable bonds is 7. The van der Waals surface area contributed by atoms with Gasteiger partial charge < -0.3 is 20.3 Å². The lowest BCUT2D eigenvalue weighted by molar-refractivity contribution is -0.137. The number of phenolic OH excluding ortho intramolecular Hbond substituents is 1. The average Bonchev–Trinajstić information content (AvgIpc) is 2.30. The minimum absolute atomic E-state index is 0.154. The SMILES string of the molecule is COc1ccc(CNCCCC(=O)O)c(O)c1. The van der Waals surface area contributed by atoms with Crippen LogP contribution in [0, 0.1) is 0 Å². The summed E-state index contributed by atoms with van der Waals surface area (Å²) in [5.74, 6) is -0.00805. The second kappa shape index (κ2) is 6.75. The van der Waals surface area contributed by atoms with E-state index in [1.807, 2.05) is 0 Å². The van der Waals surface area contributed by atoms with Crippen LogP contribution in [0.25, 0.3) is 0 Å². The Kier molecular flexibility index (Phi) is 5.29. The van der Waals surface area contributed by atoms with Gasteiger partial charge in [-0.2, -0.15) is 0 Å².